The molecule has 0 fully saturated rings. The summed E-state index contributed by atoms with van der Waals surface area (Å²) in [6.07, 6.45) is 2.56. The van der Waals surface area contributed by atoms with Crippen molar-refractivity contribution in [3.05, 3.63) is 30.9 Å². The first-order chi connectivity index (χ1) is 9.70. The summed E-state index contributed by atoms with van der Waals surface area (Å²) in [6, 6.07) is 5.79. The second-order valence-corrected chi connectivity index (χ2v) is 5.87. The summed E-state index contributed by atoms with van der Waals surface area (Å²) in [5, 5.41) is 2.62. The summed E-state index contributed by atoms with van der Waals surface area (Å²) in [5.41, 5.74) is 0. The average Bonchev–Trinajstić information content (AvgIpc) is 2.69. The van der Waals surface area contributed by atoms with Crippen molar-refractivity contribution < 1.29 is 14.3 Å². The molecule has 5 heteroatoms. The summed E-state index contributed by atoms with van der Waals surface area (Å²) in [4.78, 5) is 12.8. The van der Waals surface area contributed by atoms with Gasteiger partial charge in [0.05, 0.1) is 18.5 Å². The zero-order valence-corrected chi connectivity index (χ0v) is 12.4. The highest BCUT2D eigenvalue weighted by Gasteiger charge is 2.16. The van der Waals surface area contributed by atoms with Gasteiger partial charge >= 0.3 is 0 Å². The zero-order chi connectivity index (χ0) is 14.4. The summed E-state index contributed by atoms with van der Waals surface area (Å²) >= 11 is 1.50. The molecule has 0 radical (unpaired) electrons. The first kappa shape index (κ1) is 14.8. The van der Waals surface area contributed by atoms with E-state index < -0.39 is 0 Å². The van der Waals surface area contributed by atoms with E-state index >= 15 is 0 Å². The lowest BCUT2D eigenvalue weighted by Crippen LogP contribution is -2.30. The van der Waals surface area contributed by atoms with Gasteiger partial charge in [-0.3, -0.25) is 4.79 Å². The van der Waals surface area contributed by atoms with Gasteiger partial charge in [0.2, 0.25) is 5.91 Å². The van der Waals surface area contributed by atoms with Crippen molar-refractivity contribution in [1.29, 1.82) is 0 Å². The molecule has 20 heavy (non-hydrogen) atoms. The monoisotopic (exact) mass is 293 g/mol. The van der Waals surface area contributed by atoms with E-state index in [0.29, 0.717) is 19.8 Å². The van der Waals surface area contributed by atoms with Crippen LogP contribution in [0.2, 0.25) is 0 Å². The van der Waals surface area contributed by atoms with Crippen LogP contribution in [-0.4, -0.2) is 30.9 Å². The molecule has 0 aromatic heterocycles. The maximum Gasteiger partial charge on any atom is 0.233 e. The maximum atomic E-state index is 11.8. The van der Waals surface area contributed by atoms with Crippen LogP contribution in [0.4, 0.5) is 0 Å². The van der Waals surface area contributed by atoms with Crippen molar-refractivity contribution in [1.82, 2.24) is 5.32 Å². The Morgan fingerprint density at radius 1 is 1.45 bits per heavy atom. The van der Waals surface area contributed by atoms with Crippen LogP contribution in [0, 0.1) is 0 Å². The molecule has 1 aromatic rings. The van der Waals surface area contributed by atoms with Gasteiger partial charge in [-0.1, -0.05) is 6.08 Å². The Labute approximate surface area is 123 Å². The molecule has 2 rings (SSSR count). The Morgan fingerprint density at radius 3 is 2.95 bits per heavy atom. The summed E-state index contributed by atoms with van der Waals surface area (Å²) in [6.45, 7) is 7.30. The predicted molar refractivity (Wildman–Crippen MR) is 80.6 cm³/mol. The molecule has 1 aliphatic rings. The van der Waals surface area contributed by atoms with E-state index in [1.807, 2.05) is 25.1 Å². The Hall–Kier alpha value is -1.62. The third-order valence-electron chi connectivity index (χ3n) is 2.82. The summed E-state index contributed by atoms with van der Waals surface area (Å²) in [7, 11) is 0. The van der Waals surface area contributed by atoms with E-state index in [1.54, 1.807) is 6.08 Å². The van der Waals surface area contributed by atoms with Gasteiger partial charge in [0.25, 0.3) is 0 Å². The van der Waals surface area contributed by atoms with Crippen LogP contribution in [-0.2, 0) is 4.79 Å². The molecule has 0 bridgehead atoms. The van der Waals surface area contributed by atoms with E-state index in [-0.39, 0.29) is 11.2 Å². The molecule has 1 aliphatic heterocycles. The lowest BCUT2D eigenvalue weighted by atomic mass is 10.3. The molecular formula is C15H19NO3S. The zero-order valence-electron chi connectivity index (χ0n) is 11.6. The van der Waals surface area contributed by atoms with Gasteiger partial charge in [0.15, 0.2) is 11.5 Å². The molecule has 1 aromatic carbocycles. The third-order valence-corrected chi connectivity index (χ3v) is 3.92. The smallest absolute Gasteiger partial charge is 0.233 e. The molecule has 1 N–H and O–H groups in total. The van der Waals surface area contributed by atoms with Gasteiger partial charge in [0.1, 0.15) is 0 Å². The Bertz CT molecular complexity index is 490. The minimum Gasteiger partial charge on any atom is -0.490 e. The number of carbonyl (C=O) groups excluding carboxylic acids is 1. The first-order valence-corrected chi connectivity index (χ1v) is 7.53. The van der Waals surface area contributed by atoms with E-state index in [4.69, 9.17) is 9.47 Å². The number of nitrogens with one attached hydrogen (secondary N) is 1. The number of hydrogen-bond acceptors (Lipinski definition) is 4. The molecule has 0 spiro atoms. The van der Waals surface area contributed by atoms with Crippen molar-refractivity contribution in [2.24, 2.45) is 0 Å². The van der Waals surface area contributed by atoms with Crippen molar-refractivity contribution in [3.8, 4) is 11.5 Å². The fraction of sp³-hybridized carbons (Fsp3) is 0.400. The van der Waals surface area contributed by atoms with E-state index in [0.717, 1.165) is 22.8 Å². The molecule has 0 saturated carbocycles. The number of thioether (sulfide) groups is 1. The quantitative estimate of drug-likeness (QED) is 0.670. The number of ether oxygens (including phenoxy) is 2. The maximum absolute atomic E-state index is 11.8. The molecule has 4 nitrogen and oxygen atoms in total. The van der Waals surface area contributed by atoms with Crippen LogP contribution in [0.5, 0.6) is 11.5 Å². The van der Waals surface area contributed by atoms with Gasteiger partial charge in [-0.2, -0.15) is 0 Å². The minimum absolute atomic E-state index is 0.00186. The van der Waals surface area contributed by atoms with Crippen molar-refractivity contribution >= 4 is 17.7 Å². The average molecular weight is 293 g/mol. The van der Waals surface area contributed by atoms with Crippen LogP contribution in [0.1, 0.15) is 13.3 Å². The third kappa shape index (κ3) is 3.93. The first-order valence-electron chi connectivity index (χ1n) is 6.65. The van der Waals surface area contributed by atoms with E-state index in [1.165, 1.54) is 11.8 Å². The lowest BCUT2D eigenvalue weighted by Gasteiger charge is -2.13. The Balaban J connectivity index is 2.00. The van der Waals surface area contributed by atoms with Crippen molar-refractivity contribution in [2.75, 3.05) is 19.8 Å². The standard InChI is InChI=1S/C15H19NO3S/c1-3-7-16-15(17)11(2)20-12-5-6-13-14(10-12)19-9-4-8-18-13/h3,5-6,10-11H,1,4,7-9H2,2H3,(H,16,17)/t11-/m0/s1. The van der Waals surface area contributed by atoms with Crippen LogP contribution in [0.3, 0.4) is 0 Å². The Morgan fingerprint density at radius 2 is 2.20 bits per heavy atom. The largest absolute Gasteiger partial charge is 0.490 e. The molecule has 1 atom stereocenters. The van der Waals surface area contributed by atoms with Gasteiger partial charge in [0, 0.05) is 17.9 Å². The lowest BCUT2D eigenvalue weighted by molar-refractivity contribution is -0.120. The summed E-state index contributed by atoms with van der Waals surface area (Å²) in [5.74, 6) is 1.53. The second-order valence-electron chi connectivity index (χ2n) is 4.45. The minimum atomic E-state index is -0.167. The number of hydrogen-bond donors (Lipinski definition) is 1. The molecular weight excluding hydrogens is 274 g/mol. The molecule has 0 aliphatic carbocycles. The molecule has 0 saturated heterocycles. The van der Waals surface area contributed by atoms with Crippen LogP contribution in [0.25, 0.3) is 0 Å². The molecule has 108 valence electrons. The number of amides is 1. The van der Waals surface area contributed by atoms with Crippen LogP contribution >= 0.6 is 11.8 Å². The second kappa shape index (κ2) is 7.24. The number of rotatable bonds is 5. The SMILES string of the molecule is C=CCNC(=O)[C@H](C)Sc1ccc2c(c1)OCCCO2. The number of fused-ring (bicyclic) bond motifs is 1. The Kier molecular flexibility index (Phi) is 5.35. The van der Waals surface area contributed by atoms with Gasteiger partial charge in [-0.15, -0.1) is 18.3 Å². The van der Waals surface area contributed by atoms with E-state index in [9.17, 15) is 4.79 Å². The fourth-order valence-electron chi connectivity index (χ4n) is 1.79. The van der Waals surface area contributed by atoms with Crippen LogP contribution < -0.4 is 14.8 Å². The fourth-order valence-corrected chi connectivity index (χ4v) is 2.71. The summed E-state index contributed by atoms with van der Waals surface area (Å²) < 4.78 is 11.2. The number of carbonyl (C=O) groups is 1. The highest BCUT2D eigenvalue weighted by Crippen LogP contribution is 2.35. The predicted octanol–water partition coefficient (Wildman–Crippen LogP) is 2.63. The normalized spacial score (nSPS) is 15.1. The molecule has 1 amide bonds. The highest BCUT2D eigenvalue weighted by atomic mass is 32.2. The molecule has 0 unspecified atom stereocenters. The van der Waals surface area contributed by atoms with Gasteiger partial charge in [-0.05, 0) is 25.1 Å². The number of benzene rings is 1. The van der Waals surface area contributed by atoms with E-state index in [2.05, 4.69) is 11.9 Å². The van der Waals surface area contributed by atoms with Crippen molar-refractivity contribution in [2.45, 2.75) is 23.5 Å². The van der Waals surface area contributed by atoms with Crippen LogP contribution in [0.15, 0.2) is 35.7 Å². The topological polar surface area (TPSA) is 47.6 Å². The van der Waals surface area contributed by atoms with Gasteiger partial charge < -0.3 is 14.8 Å². The molecule has 1 heterocycles. The van der Waals surface area contributed by atoms with Gasteiger partial charge in [-0.25, -0.2) is 0 Å². The van der Waals surface area contributed by atoms with Crippen molar-refractivity contribution in [3.63, 3.8) is 0 Å². The highest BCUT2D eigenvalue weighted by molar-refractivity contribution is 8.00.